The monoisotopic (exact) mass is 496 g/mol. The Balaban J connectivity index is 1.62. The zero-order chi connectivity index (χ0) is 26.1. The van der Waals surface area contributed by atoms with Crippen LogP contribution in [0, 0.1) is 20.8 Å². The van der Waals surface area contributed by atoms with Gasteiger partial charge in [-0.3, -0.25) is 0 Å². The van der Waals surface area contributed by atoms with Crippen LogP contribution in [0.15, 0.2) is 59.9 Å². The summed E-state index contributed by atoms with van der Waals surface area (Å²) >= 11 is 0. The van der Waals surface area contributed by atoms with Crippen LogP contribution in [-0.2, 0) is 0 Å². The first-order valence-electron chi connectivity index (χ1n) is 12.9. The largest absolute Gasteiger partial charge is 0.497 e. The second-order valence-electron chi connectivity index (χ2n) is 10.2. The molecule has 4 aromatic rings. The number of nitrogens with one attached hydrogen (secondary N) is 1. The summed E-state index contributed by atoms with van der Waals surface area (Å²) in [5.41, 5.74) is 22.1. The van der Waals surface area contributed by atoms with E-state index in [0.717, 1.165) is 81.7 Å². The number of hydrogen-bond donors (Lipinski definition) is 3. The van der Waals surface area contributed by atoms with E-state index in [9.17, 15) is 0 Å². The highest BCUT2D eigenvalue weighted by Gasteiger charge is 2.22. The molecular formula is C30H36N6O. The lowest BCUT2D eigenvalue weighted by molar-refractivity contribution is 0.411. The molecule has 7 nitrogen and oxygen atoms in total. The molecule has 37 heavy (non-hydrogen) atoms. The van der Waals surface area contributed by atoms with E-state index in [-0.39, 0.29) is 6.04 Å². The number of methoxy groups -OCH3 is 1. The van der Waals surface area contributed by atoms with Crippen molar-refractivity contribution in [3.8, 4) is 16.9 Å². The van der Waals surface area contributed by atoms with Crippen LogP contribution in [0.2, 0.25) is 0 Å². The highest BCUT2D eigenvalue weighted by atomic mass is 16.5. The van der Waals surface area contributed by atoms with Gasteiger partial charge in [-0.15, -0.1) is 0 Å². The fourth-order valence-corrected chi connectivity index (χ4v) is 5.27. The Kier molecular flexibility index (Phi) is 6.89. The van der Waals surface area contributed by atoms with Gasteiger partial charge in [-0.05, 0) is 86.9 Å². The first-order valence-corrected chi connectivity index (χ1v) is 12.9. The molecule has 0 saturated heterocycles. The Hall–Kier alpha value is -3.84. The van der Waals surface area contributed by atoms with Gasteiger partial charge >= 0.3 is 0 Å². The molecule has 1 aliphatic carbocycles. The first kappa shape index (κ1) is 24.8. The van der Waals surface area contributed by atoms with E-state index < -0.39 is 0 Å². The number of amidine groups is 1. The maximum atomic E-state index is 6.68. The number of hydrogen-bond acceptors (Lipinski definition) is 5. The second kappa shape index (κ2) is 10.3. The van der Waals surface area contributed by atoms with Gasteiger partial charge in [0.25, 0.3) is 0 Å². The van der Waals surface area contributed by atoms with Gasteiger partial charge in [0.2, 0.25) is 0 Å². The van der Waals surface area contributed by atoms with Crippen LogP contribution in [0.5, 0.6) is 5.75 Å². The molecule has 2 aromatic carbocycles. The van der Waals surface area contributed by atoms with Gasteiger partial charge in [0, 0.05) is 23.8 Å². The van der Waals surface area contributed by atoms with Gasteiger partial charge in [-0.2, -0.15) is 5.10 Å². The summed E-state index contributed by atoms with van der Waals surface area (Å²) < 4.78 is 7.32. The molecule has 2 heterocycles. The number of nitrogens with zero attached hydrogens (tertiary/aromatic N) is 3. The number of aromatic nitrogens is 2. The maximum absolute atomic E-state index is 6.68. The van der Waals surface area contributed by atoms with E-state index in [0.29, 0.717) is 11.9 Å². The normalized spacial score (nSPS) is 18.2. The predicted octanol–water partition coefficient (Wildman–Crippen LogP) is 5.65. The number of rotatable bonds is 6. The Bertz CT molecular complexity index is 1440. The minimum absolute atomic E-state index is 0.281. The summed E-state index contributed by atoms with van der Waals surface area (Å²) in [6.07, 6.45) is 7.95. The number of aryl methyl sites for hydroxylation is 3. The molecule has 5 N–H and O–H groups in total. The molecule has 0 amide bonds. The third-order valence-electron chi connectivity index (χ3n) is 7.45. The fraction of sp³-hybridized carbons (Fsp3) is 0.333. The molecule has 1 fully saturated rings. The Morgan fingerprint density at radius 3 is 2.43 bits per heavy atom. The summed E-state index contributed by atoms with van der Waals surface area (Å²) in [4.78, 5) is 4.87. The topological polar surface area (TPSA) is 103 Å². The van der Waals surface area contributed by atoms with E-state index in [1.54, 1.807) is 7.11 Å². The molecule has 0 spiro atoms. The van der Waals surface area contributed by atoms with Gasteiger partial charge in [0.05, 0.1) is 35.8 Å². The average Bonchev–Trinajstić information content (AvgIpc) is 3.32. The minimum Gasteiger partial charge on any atom is -0.497 e. The van der Waals surface area contributed by atoms with E-state index in [1.165, 1.54) is 0 Å². The van der Waals surface area contributed by atoms with Gasteiger partial charge in [-0.25, -0.2) is 9.51 Å². The molecule has 2 aromatic heterocycles. The second-order valence-corrected chi connectivity index (χ2v) is 10.2. The van der Waals surface area contributed by atoms with Crippen LogP contribution in [0.4, 0.5) is 11.4 Å². The molecule has 1 saturated carbocycles. The Morgan fingerprint density at radius 1 is 1.03 bits per heavy atom. The van der Waals surface area contributed by atoms with Gasteiger partial charge in [-0.1, -0.05) is 24.3 Å². The average molecular weight is 497 g/mol. The van der Waals surface area contributed by atoms with Crippen LogP contribution in [0.25, 0.3) is 16.6 Å². The van der Waals surface area contributed by atoms with Crippen molar-refractivity contribution in [2.75, 3.05) is 12.4 Å². The number of para-hydroxylation sites is 1. The van der Waals surface area contributed by atoms with Crippen molar-refractivity contribution in [3.63, 3.8) is 0 Å². The Morgan fingerprint density at radius 2 is 1.76 bits per heavy atom. The molecule has 1 aliphatic rings. The minimum atomic E-state index is 0.281. The van der Waals surface area contributed by atoms with E-state index in [1.807, 2.05) is 22.8 Å². The number of aliphatic imine (C=N–C) groups is 1. The summed E-state index contributed by atoms with van der Waals surface area (Å²) in [5.74, 6) is 1.30. The van der Waals surface area contributed by atoms with Crippen LogP contribution in [0.3, 0.4) is 0 Å². The molecule has 192 valence electrons. The number of benzene rings is 2. The predicted molar refractivity (Wildman–Crippen MR) is 152 cm³/mol. The molecule has 7 heteroatoms. The number of nitrogens with two attached hydrogens (primary N) is 2. The smallest absolute Gasteiger partial charge is 0.135 e. The first-order chi connectivity index (χ1) is 17.8. The number of anilines is 1. The van der Waals surface area contributed by atoms with Crippen LogP contribution >= 0.6 is 0 Å². The van der Waals surface area contributed by atoms with Crippen LogP contribution in [-0.4, -0.2) is 34.6 Å². The third-order valence-corrected chi connectivity index (χ3v) is 7.45. The lowest BCUT2D eigenvalue weighted by Gasteiger charge is -2.28. The summed E-state index contributed by atoms with van der Waals surface area (Å²) in [7, 11) is 1.69. The molecule has 0 atom stereocenters. The molecular weight excluding hydrogens is 460 g/mol. The van der Waals surface area contributed by atoms with Crippen LogP contribution in [0.1, 0.15) is 47.9 Å². The van der Waals surface area contributed by atoms with Crippen LogP contribution < -0.4 is 21.5 Å². The van der Waals surface area contributed by atoms with Crippen molar-refractivity contribution in [2.45, 2.75) is 58.5 Å². The standard InChI is InChI=1S/C30H36N6O/c1-18-6-5-7-19(2)28(18)35-30(32)26-16-33-36-17-21(25-13-12-24(37-4)14-20(25)3)15-27(36)29(26)34-23-10-8-22(31)9-11-23/h5-7,12-17,22-23,34H,8-11,31H2,1-4H3,(H2,32,35). The molecule has 0 bridgehead atoms. The maximum Gasteiger partial charge on any atom is 0.135 e. The SMILES string of the molecule is COc1ccc(-c2cc3c(NC4CCC(N)CC4)c(C(N)=Nc4c(C)cccc4C)cnn3c2)c(C)c1. The molecule has 0 radical (unpaired) electrons. The Labute approximate surface area is 218 Å². The van der Waals surface area contributed by atoms with Crippen molar-refractivity contribution in [3.05, 3.63) is 77.1 Å². The van der Waals surface area contributed by atoms with Gasteiger partial charge in [0.1, 0.15) is 11.6 Å². The van der Waals surface area contributed by atoms with Crippen molar-refractivity contribution in [1.29, 1.82) is 0 Å². The summed E-state index contributed by atoms with van der Waals surface area (Å²) in [5, 5.41) is 8.54. The molecule has 0 unspecified atom stereocenters. The van der Waals surface area contributed by atoms with E-state index in [2.05, 4.69) is 62.6 Å². The lowest BCUT2D eigenvalue weighted by atomic mass is 9.91. The quantitative estimate of drug-likeness (QED) is 0.236. The summed E-state index contributed by atoms with van der Waals surface area (Å²) in [6, 6.07) is 15.1. The van der Waals surface area contributed by atoms with Gasteiger partial charge < -0.3 is 21.5 Å². The molecule has 0 aliphatic heterocycles. The summed E-state index contributed by atoms with van der Waals surface area (Å²) in [6.45, 7) is 6.21. The lowest BCUT2D eigenvalue weighted by Crippen LogP contribution is -2.33. The van der Waals surface area contributed by atoms with E-state index >= 15 is 0 Å². The highest BCUT2D eigenvalue weighted by Crippen LogP contribution is 2.34. The van der Waals surface area contributed by atoms with E-state index in [4.69, 9.17) is 26.3 Å². The third kappa shape index (κ3) is 5.04. The van der Waals surface area contributed by atoms with Crippen molar-refractivity contribution >= 4 is 22.7 Å². The fourth-order valence-electron chi connectivity index (χ4n) is 5.27. The zero-order valence-electron chi connectivity index (χ0n) is 22.1. The van der Waals surface area contributed by atoms with Crippen molar-refractivity contribution < 1.29 is 4.74 Å². The molecule has 5 rings (SSSR count). The highest BCUT2D eigenvalue weighted by molar-refractivity contribution is 6.06. The van der Waals surface area contributed by atoms with Crippen molar-refractivity contribution in [1.82, 2.24) is 9.61 Å². The van der Waals surface area contributed by atoms with Crippen molar-refractivity contribution in [2.24, 2.45) is 16.5 Å². The zero-order valence-corrected chi connectivity index (χ0v) is 22.1. The number of ether oxygens (including phenoxy) is 1. The van der Waals surface area contributed by atoms with Gasteiger partial charge in [0.15, 0.2) is 0 Å². The number of fused-ring (bicyclic) bond motifs is 1.